The summed E-state index contributed by atoms with van der Waals surface area (Å²) in [4.78, 5) is 16.2. The standard InChI is InChI=1S/C25H29N3O/c1-19(28(4)18-20-14-16-22(17-15-20)27(2)3)25(29)26-24-13-9-8-12-23(24)21-10-6-5-7-11-21/h5-17,19H,18H2,1-4H3,(H,26,29)/p+1/t19-/m1/s1. The third-order valence-electron chi connectivity index (χ3n) is 5.34. The monoisotopic (exact) mass is 388 g/mol. The maximum Gasteiger partial charge on any atom is 0.282 e. The number of hydrogen-bond donors (Lipinski definition) is 2. The van der Waals surface area contributed by atoms with Gasteiger partial charge in [-0.15, -0.1) is 0 Å². The van der Waals surface area contributed by atoms with Crippen molar-refractivity contribution in [2.45, 2.75) is 19.5 Å². The number of quaternary nitrogens is 1. The van der Waals surface area contributed by atoms with Gasteiger partial charge in [0.2, 0.25) is 0 Å². The number of likely N-dealkylation sites (N-methyl/N-ethyl adjacent to an activating group) is 1. The van der Waals surface area contributed by atoms with Crippen molar-refractivity contribution in [3.8, 4) is 11.1 Å². The van der Waals surface area contributed by atoms with Crippen LogP contribution in [0, 0.1) is 0 Å². The second-order valence-corrected chi connectivity index (χ2v) is 7.71. The lowest BCUT2D eigenvalue weighted by molar-refractivity contribution is -0.907. The van der Waals surface area contributed by atoms with E-state index in [1.165, 1.54) is 11.3 Å². The fourth-order valence-electron chi connectivity index (χ4n) is 3.31. The Hall–Kier alpha value is -3.11. The lowest BCUT2D eigenvalue weighted by atomic mass is 10.0. The van der Waals surface area contributed by atoms with Crippen molar-refractivity contribution in [3.05, 3.63) is 84.4 Å². The van der Waals surface area contributed by atoms with Gasteiger partial charge in [0.05, 0.1) is 7.05 Å². The van der Waals surface area contributed by atoms with Crippen LogP contribution in [0.1, 0.15) is 12.5 Å². The van der Waals surface area contributed by atoms with E-state index in [1.807, 2.05) is 63.5 Å². The van der Waals surface area contributed by atoms with E-state index < -0.39 is 0 Å². The molecule has 0 spiro atoms. The minimum atomic E-state index is -0.174. The fourth-order valence-corrected chi connectivity index (χ4v) is 3.31. The maximum absolute atomic E-state index is 12.9. The highest BCUT2D eigenvalue weighted by atomic mass is 16.2. The fraction of sp³-hybridized carbons (Fsp3) is 0.240. The van der Waals surface area contributed by atoms with Gasteiger partial charge in [-0.2, -0.15) is 0 Å². The highest BCUT2D eigenvalue weighted by molar-refractivity contribution is 5.97. The molecule has 0 saturated heterocycles. The van der Waals surface area contributed by atoms with Crippen LogP contribution in [0.2, 0.25) is 0 Å². The van der Waals surface area contributed by atoms with E-state index in [2.05, 4.69) is 53.7 Å². The summed E-state index contributed by atoms with van der Waals surface area (Å²) < 4.78 is 0. The summed E-state index contributed by atoms with van der Waals surface area (Å²) in [5.41, 5.74) is 5.37. The number of hydrogen-bond acceptors (Lipinski definition) is 2. The summed E-state index contributed by atoms with van der Waals surface area (Å²) in [7, 11) is 6.13. The third-order valence-corrected chi connectivity index (χ3v) is 5.34. The van der Waals surface area contributed by atoms with Crippen LogP contribution < -0.4 is 15.1 Å². The molecule has 2 atom stereocenters. The Labute approximate surface area is 173 Å². The van der Waals surface area contributed by atoms with Gasteiger partial charge in [0, 0.05) is 36.6 Å². The molecule has 3 aromatic carbocycles. The average molecular weight is 389 g/mol. The number of anilines is 2. The van der Waals surface area contributed by atoms with E-state index in [-0.39, 0.29) is 11.9 Å². The molecule has 1 unspecified atom stereocenters. The summed E-state index contributed by atoms with van der Waals surface area (Å²) in [5, 5.41) is 3.13. The lowest BCUT2D eigenvalue weighted by Gasteiger charge is -2.22. The molecule has 0 aromatic heterocycles. The van der Waals surface area contributed by atoms with Crippen molar-refractivity contribution in [3.63, 3.8) is 0 Å². The Bertz CT molecular complexity index is 936. The molecule has 4 heteroatoms. The van der Waals surface area contributed by atoms with E-state index in [1.54, 1.807) is 0 Å². The first-order chi connectivity index (χ1) is 14.0. The second kappa shape index (κ2) is 9.39. The first-order valence-corrected chi connectivity index (χ1v) is 9.99. The van der Waals surface area contributed by atoms with Crippen LogP contribution in [0.4, 0.5) is 11.4 Å². The zero-order chi connectivity index (χ0) is 20.8. The van der Waals surface area contributed by atoms with E-state index in [0.29, 0.717) is 0 Å². The van der Waals surface area contributed by atoms with Gasteiger partial charge in [0.1, 0.15) is 6.54 Å². The smallest absolute Gasteiger partial charge is 0.282 e. The molecule has 29 heavy (non-hydrogen) atoms. The highest BCUT2D eigenvalue weighted by Gasteiger charge is 2.23. The molecule has 3 aromatic rings. The Morgan fingerprint density at radius 1 is 0.931 bits per heavy atom. The Kier molecular flexibility index (Phi) is 6.68. The predicted octanol–water partition coefficient (Wildman–Crippen LogP) is 3.46. The number of benzene rings is 3. The second-order valence-electron chi connectivity index (χ2n) is 7.71. The minimum absolute atomic E-state index is 0.0239. The number of amides is 1. The number of carbonyl (C=O) groups is 1. The summed E-state index contributed by atoms with van der Waals surface area (Å²) in [5.74, 6) is 0.0239. The van der Waals surface area contributed by atoms with Crippen molar-refractivity contribution < 1.29 is 9.69 Å². The maximum atomic E-state index is 12.9. The quantitative estimate of drug-likeness (QED) is 0.650. The van der Waals surface area contributed by atoms with E-state index >= 15 is 0 Å². The van der Waals surface area contributed by atoms with Gasteiger partial charge in [-0.3, -0.25) is 4.79 Å². The molecule has 0 aliphatic rings. The highest BCUT2D eigenvalue weighted by Crippen LogP contribution is 2.27. The molecule has 0 heterocycles. The molecule has 0 radical (unpaired) electrons. The van der Waals surface area contributed by atoms with Gasteiger partial charge in [-0.25, -0.2) is 0 Å². The predicted molar refractivity (Wildman–Crippen MR) is 121 cm³/mol. The third kappa shape index (κ3) is 5.24. The number of para-hydroxylation sites is 1. The molecule has 0 bridgehead atoms. The molecule has 0 aliphatic heterocycles. The normalized spacial score (nSPS) is 12.8. The van der Waals surface area contributed by atoms with Gasteiger partial charge >= 0.3 is 0 Å². The largest absolute Gasteiger partial charge is 0.378 e. The lowest BCUT2D eigenvalue weighted by Crippen LogP contribution is -3.12. The number of nitrogens with one attached hydrogen (secondary N) is 2. The van der Waals surface area contributed by atoms with E-state index in [0.717, 1.165) is 28.3 Å². The zero-order valence-corrected chi connectivity index (χ0v) is 17.6. The van der Waals surface area contributed by atoms with Crippen molar-refractivity contribution in [1.29, 1.82) is 0 Å². The summed E-state index contributed by atoms with van der Waals surface area (Å²) >= 11 is 0. The van der Waals surface area contributed by atoms with Crippen LogP contribution in [0.25, 0.3) is 11.1 Å². The van der Waals surface area contributed by atoms with Crippen molar-refractivity contribution in [1.82, 2.24) is 0 Å². The molecule has 3 rings (SSSR count). The topological polar surface area (TPSA) is 36.8 Å². The zero-order valence-electron chi connectivity index (χ0n) is 17.6. The van der Waals surface area contributed by atoms with Crippen molar-refractivity contribution >= 4 is 17.3 Å². The van der Waals surface area contributed by atoms with Crippen LogP contribution in [-0.2, 0) is 11.3 Å². The van der Waals surface area contributed by atoms with Crippen LogP contribution in [0.3, 0.4) is 0 Å². The average Bonchev–Trinajstić information content (AvgIpc) is 2.74. The van der Waals surface area contributed by atoms with Crippen LogP contribution in [-0.4, -0.2) is 33.1 Å². The molecule has 0 saturated carbocycles. The van der Waals surface area contributed by atoms with Crippen molar-refractivity contribution in [2.75, 3.05) is 31.4 Å². The molecule has 4 nitrogen and oxygen atoms in total. The SMILES string of the molecule is C[C@H](C(=O)Nc1ccccc1-c1ccccc1)[NH+](C)Cc1ccc(N(C)C)cc1. The van der Waals surface area contributed by atoms with Crippen LogP contribution in [0.5, 0.6) is 0 Å². The molecule has 1 amide bonds. The Morgan fingerprint density at radius 2 is 1.55 bits per heavy atom. The molecular weight excluding hydrogens is 358 g/mol. The Balaban J connectivity index is 1.68. The van der Waals surface area contributed by atoms with Gasteiger partial charge in [0.15, 0.2) is 6.04 Å². The molecule has 2 N–H and O–H groups in total. The summed E-state index contributed by atoms with van der Waals surface area (Å²) in [6.07, 6.45) is 0. The Morgan fingerprint density at radius 3 is 2.21 bits per heavy atom. The summed E-state index contributed by atoms with van der Waals surface area (Å²) in [6, 6.07) is 26.4. The van der Waals surface area contributed by atoms with Crippen LogP contribution >= 0.6 is 0 Å². The van der Waals surface area contributed by atoms with Gasteiger partial charge in [0.25, 0.3) is 5.91 Å². The molecular formula is C25H30N3O+. The summed E-state index contributed by atoms with van der Waals surface area (Å²) in [6.45, 7) is 2.77. The first-order valence-electron chi connectivity index (χ1n) is 9.99. The number of carbonyl (C=O) groups excluding carboxylic acids is 1. The van der Waals surface area contributed by atoms with Gasteiger partial charge in [-0.05, 0) is 30.7 Å². The van der Waals surface area contributed by atoms with Gasteiger partial charge < -0.3 is 15.1 Å². The number of nitrogens with zero attached hydrogens (tertiary/aromatic N) is 1. The van der Waals surface area contributed by atoms with E-state index in [9.17, 15) is 4.79 Å². The molecule has 0 aliphatic carbocycles. The molecule has 150 valence electrons. The molecule has 0 fully saturated rings. The van der Waals surface area contributed by atoms with Crippen molar-refractivity contribution in [2.24, 2.45) is 0 Å². The number of rotatable bonds is 7. The minimum Gasteiger partial charge on any atom is -0.378 e. The van der Waals surface area contributed by atoms with Crippen LogP contribution in [0.15, 0.2) is 78.9 Å². The first kappa shape index (κ1) is 20.6. The van der Waals surface area contributed by atoms with E-state index in [4.69, 9.17) is 0 Å². The van der Waals surface area contributed by atoms with Gasteiger partial charge in [-0.1, -0.05) is 60.7 Å².